The van der Waals surface area contributed by atoms with Gasteiger partial charge in [0.2, 0.25) is 5.91 Å². The Kier molecular flexibility index (Phi) is 3.89. The topological polar surface area (TPSA) is 64.3 Å². The average Bonchev–Trinajstić information content (AvgIpc) is 3.07. The van der Waals surface area contributed by atoms with E-state index in [0.29, 0.717) is 18.4 Å². The molecule has 2 aliphatic carbocycles. The molecular weight excluding hydrogens is 264 g/mol. The number of hydrogen-bond acceptors (Lipinski definition) is 3. The van der Waals surface area contributed by atoms with E-state index in [2.05, 4.69) is 5.32 Å². The highest BCUT2D eigenvalue weighted by atomic mass is 16.5. The van der Waals surface area contributed by atoms with E-state index in [-0.39, 0.29) is 17.9 Å². The molecule has 4 nitrogen and oxygen atoms in total. The van der Waals surface area contributed by atoms with E-state index < -0.39 is 0 Å². The van der Waals surface area contributed by atoms with Gasteiger partial charge in [-0.1, -0.05) is 12.1 Å². The summed E-state index contributed by atoms with van der Waals surface area (Å²) in [6, 6.07) is 6.08. The van der Waals surface area contributed by atoms with Crippen LogP contribution in [0.5, 0.6) is 5.75 Å². The van der Waals surface area contributed by atoms with Crippen molar-refractivity contribution in [2.75, 3.05) is 7.11 Å². The van der Waals surface area contributed by atoms with Gasteiger partial charge < -0.3 is 15.8 Å². The van der Waals surface area contributed by atoms with Gasteiger partial charge in [0, 0.05) is 12.6 Å². The minimum Gasteiger partial charge on any atom is -0.496 e. The van der Waals surface area contributed by atoms with Gasteiger partial charge in [-0.3, -0.25) is 4.79 Å². The van der Waals surface area contributed by atoms with Crippen LogP contribution < -0.4 is 15.8 Å². The Morgan fingerprint density at radius 2 is 2.14 bits per heavy atom. The quantitative estimate of drug-likeness (QED) is 0.890. The summed E-state index contributed by atoms with van der Waals surface area (Å²) >= 11 is 0. The van der Waals surface area contributed by atoms with Crippen LogP contribution in [0.25, 0.3) is 0 Å². The Labute approximate surface area is 126 Å². The van der Waals surface area contributed by atoms with Gasteiger partial charge in [0.15, 0.2) is 0 Å². The zero-order valence-electron chi connectivity index (χ0n) is 12.8. The molecule has 0 heterocycles. The molecule has 3 N–H and O–H groups in total. The molecule has 2 fully saturated rings. The zero-order valence-corrected chi connectivity index (χ0v) is 12.8. The Morgan fingerprint density at radius 3 is 2.81 bits per heavy atom. The van der Waals surface area contributed by atoms with E-state index >= 15 is 0 Å². The van der Waals surface area contributed by atoms with Crippen molar-refractivity contribution >= 4 is 5.91 Å². The average molecular weight is 288 g/mol. The Bertz CT molecular complexity index is 542. The normalized spacial score (nSPS) is 30.4. The molecule has 0 saturated heterocycles. The van der Waals surface area contributed by atoms with Crippen LogP contribution >= 0.6 is 0 Å². The fourth-order valence-electron chi connectivity index (χ4n) is 4.01. The third-order valence-electron chi connectivity index (χ3n) is 5.22. The first kappa shape index (κ1) is 14.4. The van der Waals surface area contributed by atoms with E-state index in [1.54, 1.807) is 7.11 Å². The van der Waals surface area contributed by atoms with E-state index in [4.69, 9.17) is 10.5 Å². The van der Waals surface area contributed by atoms with Crippen molar-refractivity contribution in [3.63, 3.8) is 0 Å². The number of rotatable bonds is 4. The molecular formula is C17H24N2O2. The van der Waals surface area contributed by atoms with Gasteiger partial charge in [-0.25, -0.2) is 0 Å². The molecule has 1 aromatic carbocycles. The number of nitrogens with two attached hydrogens (primary N) is 1. The molecule has 0 aliphatic heterocycles. The van der Waals surface area contributed by atoms with Crippen LogP contribution in [0.4, 0.5) is 0 Å². The minimum atomic E-state index is 0.0103. The van der Waals surface area contributed by atoms with Crippen molar-refractivity contribution in [3.8, 4) is 5.75 Å². The molecule has 2 saturated carbocycles. The molecule has 4 unspecified atom stereocenters. The van der Waals surface area contributed by atoms with Crippen LogP contribution in [0.2, 0.25) is 0 Å². The number of benzene rings is 1. The number of nitrogens with one attached hydrogen (secondary N) is 1. The second kappa shape index (κ2) is 5.68. The largest absolute Gasteiger partial charge is 0.496 e. The molecule has 114 valence electrons. The Hall–Kier alpha value is -1.55. The first-order chi connectivity index (χ1) is 10.1. The highest BCUT2D eigenvalue weighted by Crippen LogP contribution is 2.47. The smallest absolute Gasteiger partial charge is 0.225 e. The zero-order chi connectivity index (χ0) is 15.0. The monoisotopic (exact) mass is 288 g/mol. The van der Waals surface area contributed by atoms with Crippen molar-refractivity contribution in [2.24, 2.45) is 23.5 Å². The fraction of sp³-hybridized carbons (Fsp3) is 0.588. The molecule has 0 aromatic heterocycles. The number of amides is 1. The summed E-state index contributed by atoms with van der Waals surface area (Å²) in [7, 11) is 1.67. The molecule has 3 rings (SSSR count). The Balaban J connectivity index is 1.61. The SMILES string of the molecule is COc1cc(CNC(=O)C2C3CCC(C3)C2N)ccc1C. The van der Waals surface area contributed by atoms with Crippen LogP contribution in [0.15, 0.2) is 18.2 Å². The van der Waals surface area contributed by atoms with Crippen molar-refractivity contribution in [1.82, 2.24) is 5.32 Å². The number of aryl methyl sites for hydroxylation is 1. The van der Waals surface area contributed by atoms with Gasteiger partial charge in [-0.15, -0.1) is 0 Å². The maximum Gasteiger partial charge on any atom is 0.225 e. The second-order valence-electron chi connectivity index (χ2n) is 6.46. The first-order valence-electron chi connectivity index (χ1n) is 7.77. The molecule has 0 radical (unpaired) electrons. The van der Waals surface area contributed by atoms with Gasteiger partial charge in [0.05, 0.1) is 13.0 Å². The lowest BCUT2D eigenvalue weighted by Gasteiger charge is -2.27. The lowest BCUT2D eigenvalue weighted by Crippen LogP contribution is -2.45. The van der Waals surface area contributed by atoms with E-state index in [0.717, 1.165) is 29.7 Å². The van der Waals surface area contributed by atoms with Gasteiger partial charge in [-0.2, -0.15) is 0 Å². The van der Waals surface area contributed by atoms with Crippen molar-refractivity contribution in [3.05, 3.63) is 29.3 Å². The number of hydrogen-bond donors (Lipinski definition) is 2. The molecule has 4 heteroatoms. The summed E-state index contributed by atoms with van der Waals surface area (Å²) in [5, 5.41) is 3.05. The van der Waals surface area contributed by atoms with Crippen molar-refractivity contribution < 1.29 is 9.53 Å². The standard InChI is InChI=1S/C17H24N2O2/c1-10-3-4-11(7-14(10)21-2)9-19-17(20)15-12-5-6-13(8-12)16(15)18/h3-4,7,12-13,15-16H,5-6,8-9,18H2,1-2H3,(H,19,20). The lowest BCUT2D eigenvalue weighted by atomic mass is 9.84. The third-order valence-corrected chi connectivity index (χ3v) is 5.22. The number of methoxy groups -OCH3 is 1. The molecule has 2 aliphatic rings. The number of fused-ring (bicyclic) bond motifs is 2. The van der Waals surface area contributed by atoms with Crippen LogP contribution in [-0.2, 0) is 11.3 Å². The van der Waals surface area contributed by atoms with Crippen LogP contribution in [0.3, 0.4) is 0 Å². The second-order valence-corrected chi connectivity index (χ2v) is 6.46. The summed E-state index contributed by atoms with van der Waals surface area (Å²) < 4.78 is 5.32. The summed E-state index contributed by atoms with van der Waals surface area (Å²) in [4.78, 5) is 12.4. The maximum absolute atomic E-state index is 12.4. The number of ether oxygens (including phenoxy) is 1. The van der Waals surface area contributed by atoms with Crippen LogP contribution in [0.1, 0.15) is 30.4 Å². The van der Waals surface area contributed by atoms with Gasteiger partial charge >= 0.3 is 0 Å². The molecule has 4 atom stereocenters. The maximum atomic E-state index is 12.4. The lowest BCUT2D eigenvalue weighted by molar-refractivity contribution is -0.127. The van der Waals surface area contributed by atoms with Crippen molar-refractivity contribution in [1.29, 1.82) is 0 Å². The van der Waals surface area contributed by atoms with Crippen molar-refractivity contribution in [2.45, 2.75) is 38.8 Å². The molecule has 21 heavy (non-hydrogen) atoms. The number of carbonyl (C=O) groups excluding carboxylic acids is 1. The minimum absolute atomic E-state index is 0.0103. The van der Waals surface area contributed by atoms with Gasteiger partial charge in [-0.05, 0) is 55.2 Å². The molecule has 1 aromatic rings. The molecule has 2 bridgehead atoms. The van der Waals surface area contributed by atoms with E-state index in [1.807, 2.05) is 25.1 Å². The van der Waals surface area contributed by atoms with Crippen LogP contribution in [-0.4, -0.2) is 19.1 Å². The fourth-order valence-corrected chi connectivity index (χ4v) is 4.01. The highest BCUT2D eigenvalue weighted by Gasteiger charge is 2.48. The predicted molar refractivity (Wildman–Crippen MR) is 81.9 cm³/mol. The number of carbonyl (C=O) groups is 1. The van der Waals surface area contributed by atoms with E-state index in [1.165, 1.54) is 6.42 Å². The van der Waals surface area contributed by atoms with E-state index in [9.17, 15) is 4.79 Å². The van der Waals surface area contributed by atoms with Gasteiger partial charge in [0.25, 0.3) is 0 Å². The molecule has 1 amide bonds. The Morgan fingerprint density at radius 1 is 1.38 bits per heavy atom. The third kappa shape index (κ3) is 2.64. The van der Waals surface area contributed by atoms with Gasteiger partial charge in [0.1, 0.15) is 5.75 Å². The summed E-state index contributed by atoms with van der Waals surface area (Å²) in [6.45, 7) is 2.55. The summed E-state index contributed by atoms with van der Waals surface area (Å²) in [5.74, 6) is 2.05. The first-order valence-corrected chi connectivity index (χ1v) is 7.77. The molecule has 0 spiro atoms. The predicted octanol–water partition coefficient (Wildman–Crippen LogP) is 1.99. The summed E-state index contributed by atoms with van der Waals surface area (Å²) in [6.07, 6.45) is 3.50. The van der Waals surface area contributed by atoms with Crippen LogP contribution in [0, 0.1) is 24.7 Å². The highest BCUT2D eigenvalue weighted by molar-refractivity contribution is 5.80. The summed E-state index contributed by atoms with van der Waals surface area (Å²) in [5.41, 5.74) is 8.38.